The van der Waals surface area contributed by atoms with Gasteiger partial charge in [-0.2, -0.15) is 0 Å². The lowest BCUT2D eigenvalue weighted by Crippen LogP contribution is -2.24. The van der Waals surface area contributed by atoms with E-state index in [1.807, 2.05) is 0 Å². The van der Waals surface area contributed by atoms with E-state index in [1.54, 1.807) is 0 Å². The van der Waals surface area contributed by atoms with Crippen LogP contribution in [-0.4, -0.2) is 0 Å². The monoisotopic (exact) mass is 226 g/mol. The van der Waals surface area contributed by atoms with Gasteiger partial charge in [-0.1, -0.05) is 80.1 Å². The number of rotatable bonds is 9. The summed E-state index contributed by atoms with van der Waals surface area (Å²) in [5.74, 6) is 3.64. The van der Waals surface area contributed by atoms with Crippen LogP contribution in [0.25, 0.3) is 0 Å². The molecule has 0 spiro atoms. The lowest BCUT2D eigenvalue weighted by atomic mass is 9.73. The van der Waals surface area contributed by atoms with Gasteiger partial charge in [0.05, 0.1) is 0 Å². The Kier molecular flexibility index (Phi) is 9.07. The van der Waals surface area contributed by atoms with Gasteiger partial charge in [0.25, 0.3) is 0 Å². The summed E-state index contributed by atoms with van der Waals surface area (Å²) in [6.07, 6.45) is 8.32. The molecule has 0 bridgehead atoms. The first-order chi connectivity index (χ1) is 7.58. The lowest BCUT2D eigenvalue weighted by Gasteiger charge is -2.32. The molecule has 4 atom stereocenters. The second-order valence-electron chi connectivity index (χ2n) is 5.79. The summed E-state index contributed by atoms with van der Waals surface area (Å²) < 4.78 is 0. The van der Waals surface area contributed by atoms with E-state index in [4.69, 9.17) is 0 Å². The highest BCUT2D eigenvalue weighted by Gasteiger charge is 2.24. The quantitative estimate of drug-likeness (QED) is 0.429. The van der Waals surface area contributed by atoms with Crippen molar-refractivity contribution >= 4 is 0 Å². The Bertz CT molecular complexity index is 150. The van der Waals surface area contributed by atoms with Gasteiger partial charge in [0.1, 0.15) is 0 Å². The van der Waals surface area contributed by atoms with Crippen LogP contribution in [0.3, 0.4) is 0 Å². The minimum Gasteiger partial charge on any atom is -0.0654 e. The third-order valence-corrected chi connectivity index (χ3v) is 4.68. The molecular weight excluding hydrogens is 192 g/mol. The minimum absolute atomic E-state index is 0.897. The third kappa shape index (κ3) is 5.37. The van der Waals surface area contributed by atoms with E-state index >= 15 is 0 Å². The van der Waals surface area contributed by atoms with Gasteiger partial charge in [-0.25, -0.2) is 0 Å². The second-order valence-corrected chi connectivity index (χ2v) is 5.79. The molecule has 0 nitrogen and oxygen atoms in total. The fourth-order valence-electron chi connectivity index (χ4n) is 3.00. The first kappa shape index (κ1) is 16.0. The van der Waals surface area contributed by atoms with E-state index < -0.39 is 0 Å². The maximum absolute atomic E-state index is 2.48. The van der Waals surface area contributed by atoms with Crippen LogP contribution in [0.1, 0.15) is 80.1 Å². The molecule has 0 N–H and O–H groups in total. The average Bonchev–Trinajstić information content (AvgIpc) is 2.29. The fraction of sp³-hybridized carbons (Fsp3) is 1.00. The molecular formula is C16H34. The smallest absolute Gasteiger partial charge is 0.0363 e. The summed E-state index contributed by atoms with van der Waals surface area (Å²) in [6.45, 7) is 14.4. The van der Waals surface area contributed by atoms with Gasteiger partial charge in [-0.05, 0) is 23.7 Å². The average molecular weight is 226 g/mol. The minimum atomic E-state index is 0.897. The number of unbranched alkanes of at least 4 members (excludes halogenated alkanes) is 2. The number of hydrogen-bond acceptors (Lipinski definition) is 0. The Morgan fingerprint density at radius 2 is 1.38 bits per heavy atom. The zero-order valence-corrected chi connectivity index (χ0v) is 12.6. The molecule has 0 aliphatic carbocycles. The SMILES string of the molecule is CCCCCC(C)C(C)C(CC)C(C)CC. The normalized spacial score (nSPS) is 19.1. The lowest BCUT2D eigenvalue weighted by molar-refractivity contribution is 0.176. The van der Waals surface area contributed by atoms with Crippen molar-refractivity contribution in [3.8, 4) is 0 Å². The van der Waals surface area contributed by atoms with E-state index in [2.05, 4.69) is 41.5 Å². The molecule has 0 aromatic rings. The van der Waals surface area contributed by atoms with Crippen LogP contribution >= 0.6 is 0 Å². The predicted octanol–water partition coefficient (Wildman–Crippen LogP) is 5.91. The van der Waals surface area contributed by atoms with Crippen molar-refractivity contribution in [2.75, 3.05) is 0 Å². The van der Waals surface area contributed by atoms with Crippen molar-refractivity contribution in [1.82, 2.24) is 0 Å². The van der Waals surface area contributed by atoms with E-state index in [0.29, 0.717) is 0 Å². The van der Waals surface area contributed by atoms with Crippen LogP contribution in [0.15, 0.2) is 0 Å². The summed E-state index contributed by atoms with van der Waals surface area (Å²) in [5.41, 5.74) is 0. The Balaban J connectivity index is 4.10. The van der Waals surface area contributed by atoms with Crippen molar-refractivity contribution in [1.29, 1.82) is 0 Å². The highest BCUT2D eigenvalue weighted by atomic mass is 14.3. The van der Waals surface area contributed by atoms with E-state index in [-0.39, 0.29) is 0 Å². The highest BCUT2D eigenvalue weighted by molar-refractivity contribution is 4.74. The van der Waals surface area contributed by atoms with Gasteiger partial charge in [-0.15, -0.1) is 0 Å². The molecule has 0 saturated heterocycles. The van der Waals surface area contributed by atoms with Crippen LogP contribution in [0.2, 0.25) is 0 Å². The molecule has 0 heterocycles. The van der Waals surface area contributed by atoms with Crippen molar-refractivity contribution in [3.05, 3.63) is 0 Å². The van der Waals surface area contributed by atoms with Crippen LogP contribution < -0.4 is 0 Å². The molecule has 0 aliphatic rings. The molecule has 0 amide bonds. The van der Waals surface area contributed by atoms with E-state index in [9.17, 15) is 0 Å². The Labute approximate surface area is 104 Å². The molecule has 0 rings (SSSR count). The topological polar surface area (TPSA) is 0 Å². The molecule has 0 radical (unpaired) electrons. The first-order valence-electron chi connectivity index (χ1n) is 7.58. The predicted molar refractivity (Wildman–Crippen MR) is 75.7 cm³/mol. The summed E-state index contributed by atoms with van der Waals surface area (Å²) in [6, 6.07) is 0. The Hall–Kier alpha value is 0. The molecule has 0 heteroatoms. The highest BCUT2D eigenvalue weighted by Crippen LogP contribution is 2.33. The number of hydrogen-bond donors (Lipinski definition) is 0. The fourth-order valence-corrected chi connectivity index (χ4v) is 3.00. The van der Waals surface area contributed by atoms with Crippen LogP contribution in [0.5, 0.6) is 0 Å². The standard InChI is InChI=1S/C16H34/c1-7-10-11-12-14(5)15(6)16(9-3)13(4)8-2/h13-16H,7-12H2,1-6H3. The first-order valence-corrected chi connectivity index (χ1v) is 7.58. The summed E-state index contributed by atoms with van der Waals surface area (Å²) in [5, 5.41) is 0. The van der Waals surface area contributed by atoms with Gasteiger partial charge >= 0.3 is 0 Å². The van der Waals surface area contributed by atoms with Crippen LogP contribution in [0, 0.1) is 23.7 Å². The molecule has 4 unspecified atom stereocenters. The van der Waals surface area contributed by atoms with Gasteiger partial charge in [0.15, 0.2) is 0 Å². The summed E-state index contributed by atoms with van der Waals surface area (Å²) in [4.78, 5) is 0. The Morgan fingerprint density at radius 3 is 1.81 bits per heavy atom. The molecule has 0 saturated carbocycles. The summed E-state index contributed by atoms with van der Waals surface area (Å²) >= 11 is 0. The molecule has 0 fully saturated rings. The van der Waals surface area contributed by atoms with Crippen molar-refractivity contribution in [2.24, 2.45) is 23.7 Å². The van der Waals surface area contributed by atoms with Crippen molar-refractivity contribution in [2.45, 2.75) is 80.1 Å². The van der Waals surface area contributed by atoms with Gasteiger partial charge in [-0.3, -0.25) is 0 Å². The molecule has 0 aromatic carbocycles. The zero-order chi connectivity index (χ0) is 12.6. The molecule has 0 aliphatic heterocycles. The van der Waals surface area contributed by atoms with Crippen molar-refractivity contribution < 1.29 is 0 Å². The molecule has 16 heavy (non-hydrogen) atoms. The molecule has 0 aromatic heterocycles. The zero-order valence-electron chi connectivity index (χ0n) is 12.6. The van der Waals surface area contributed by atoms with Gasteiger partial charge in [0.2, 0.25) is 0 Å². The van der Waals surface area contributed by atoms with Gasteiger partial charge < -0.3 is 0 Å². The Morgan fingerprint density at radius 1 is 0.750 bits per heavy atom. The second kappa shape index (κ2) is 9.07. The maximum Gasteiger partial charge on any atom is -0.0363 e. The maximum atomic E-state index is 2.48. The summed E-state index contributed by atoms with van der Waals surface area (Å²) in [7, 11) is 0. The van der Waals surface area contributed by atoms with E-state index in [1.165, 1.54) is 38.5 Å². The van der Waals surface area contributed by atoms with Crippen LogP contribution in [0.4, 0.5) is 0 Å². The molecule has 98 valence electrons. The van der Waals surface area contributed by atoms with Gasteiger partial charge in [0, 0.05) is 0 Å². The largest absolute Gasteiger partial charge is 0.0654 e. The third-order valence-electron chi connectivity index (χ3n) is 4.68. The van der Waals surface area contributed by atoms with Crippen molar-refractivity contribution in [3.63, 3.8) is 0 Å². The van der Waals surface area contributed by atoms with Crippen LogP contribution in [-0.2, 0) is 0 Å². The van der Waals surface area contributed by atoms with E-state index in [0.717, 1.165) is 23.7 Å².